The predicted octanol–water partition coefficient (Wildman–Crippen LogP) is 0.930. The molecule has 4 nitrogen and oxygen atoms in total. The Balaban J connectivity index is 2.56. The second-order valence-corrected chi connectivity index (χ2v) is 2.54. The maximum absolute atomic E-state index is 10.5. The van der Waals surface area contributed by atoms with E-state index in [0.717, 1.165) is 0 Å². The van der Waals surface area contributed by atoms with Gasteiger partial charge >= 0.3 is 5.97 Å². The molecule has 1 aromatic heterocycles. The first-order valence-electron chi connectivity index (χ1n) is 3.93. The number of carboxylic acid groups (broad SMARTS) is 1. The second kappa shape index (κ2) is 5.00. The number of pyridine rings is 1. The zero-order chi connectivity index (χ0) is 10.4. The van der Waals surface area contributed by atoms with Gasteiger partial charge in [0.2, 0.25) is 0 Å². The highest BCUT2D eigenvalue weighted by Gasteiger charge is 2.02. The summed E-state index contributed by atoms with van der Waals surface area (Å²) in [5, 5.41) is 8.59. The van der Waals surface area contributed by atoms with E-state index in [0.29, 0.717) is 12.3 Å². The van der Waals surface area contributed by atoms with Gasteiger partial charge in [0.1, 0.15) is 6.61 Å². The molecule has 0 radical (unpaired) electrons. The van der Waals surface area contributed by atoms with E-state index in [4.69, 9.17) is 16.3 Å². The van der Waals surface area contributed by atoms with Crippen molar-refractivity contribution in [2.45, 2.75) is 6.61 Å². The normalized spacial score (nSPS) is 9.36. The molecule has 0 aliphatic carbocycles. The Bertz CT molecular complexity index is 351. The molecule has 4 heteroatoms. The van der Waals surface area contributed by atoms with E-state index in [1.807, 2.05) is 0 Å². The van der Waals surface area contributed by atoms with Crippen molar-refractivity contribution in [3.63, 3.8) is 0 Å². The van der Waals surface area contributed by atoms with Crippen LogP contribution in [0.4, 0.5) is 0 Å². The summed E-state index contributed by atoms with van der Waals surface area (Å²) in [6.07, 6.45) is 6.27. The molecule has 0 aromatic carbocycles. The number of carbonyl (C=O) groups is 1. The van der Waals surface area contributed by atoms with Gasteiger partial charge in [-0.2, -0.15) is 0 Å². The topological polar surface area (TPSA) is 59.4 Å². The van der Waals surface area contributed by atoms with Crippen LogP contribution >= 0.6 is 0 Å². The molecule has 0 bridgehead atoms. The lowest BCUT2D eigenvalue weighted by Gasteiger charge is -2.00. The summed E-state index contributed by atoms with van der Waals surface area (Å²) in [5.41, 5.74) is 0.816. The fourth-order valence-corrected chi connectivity index (χ4v) is 0.851. The molecule has 0 atom stereocenters. The maximum atomic E-state index is 10.5. The summed E-state index contributed by atoms with van der Waals surface area (Å²) in [6.45, 7) is 0.520. The zero-order valence-corrected chi connectivity index (χ0v) is 7.43. The first kappa shape index (κ1) is 10.2. The van der Waals surface area contributed by atoms with Gasteiger partial charge in [0.05, 0.1) is 17.9 Å². The highest BCUT2D eigenvalue weighted by atomic mass is 16.5. The maximum Gasteiger partial charge on any atom is 0.337 e. The number of hydrogen-bond acceptors (Lipinski definition) is 3. The fraction of sp³-hybridized carbons (Fsp3) is 0.200. The quantitative estimate of drug-likeness (QED) is 0.568. The average Bonchev–Trinajstić information content (AvgIpc) is 2.19. The van der Waals surface area contributed by atoms with Gasteiger partial charge in [-0.3, -0.25) is 4.98 Å². The number of ether oxygens (including phenoxy) is 1. The van der Waals surface area contributed by atoms with Crippen LogP contribution in [-0.4, -0.2) is 22.7 Å². The Morgan fingerprint density at radius 1 is 1.64 bits per heavy atom. The van der Waals surface area contributed by atoms with Crippen LogP contribution in [0.3, 0.4) is 0 Å². The molecular formula is C10H9NO3. The summed E-state index contributed by atoms with van der Waals surface area (Å²) in [6, 6.07) is 3.07. The smallest absolute Gasteiger partial charge is 0.337 e. The predicted molar refractivity (Wildman–Crippen MR) is 49.7 cm³/mol. The molecule has 0 saturated heterocycles. The molecule has 0 unspecified atom stereocenters. The fourth-order valence-electron chi connectivity index (χ4n) is 0.851. The van der Waals surface area contributed by atoms with E-state index in [9.17, 15) is 4.79 Å². The SMILES string of the molecule is C#CCOCc1ccc(C(=O)O)cn1. The minimum absolute atomic E-state index is 0.158. The third-order valence-electron chi connectivity index (χ3n) is 1.51. The first-order valence-corrected chi connectivity index (χ1v) is 3.93. The summed E-state index contributed by atoms with van der Waals surface area (Å²) in [7, 11) is 0. The Morgan fingerprint density at radius 3 is 2.93 bits per heavy atom. The van der Waals surface area contributed by atoms with Crippen molar-refractivity contribution in [2.75, 3.05) is 6.61 Å². The van der Waals surface area contributed by atoms with Gasteiger partial charge in [0.15, 0.2) is 0 Å². The minimum Gasteiger partial charge on any atom is -0.478 e. The molecule has 0 spiro atoms. The van der Waals surface area contributed by atoms with Gasteiger partial charge in [-0.05, 0) is 12.1 Å². The van der Waals surface area contributed by atoms with E-state index < -0.39 is 5.97 Å². The molecular weight excluding hydrogens is 182 g/mol. The lowest BCUT2D eigenvalue weighted by Crippen LogP contribution is -2.00. The molecule has 1 aromatic rings. The molecule has 0 saturated carbocycles. The highest BCUT2D eigenvalue weighted by molar-refractivity contribution is 5.87. The number of aromatic nitrogens is 1. The van der Waals surface area contributed by atoms with Gasteiger partial charge < -0.3 is 9.84 Å². The Morgan fingerprint density at radius 2 is 2.43 bits per heavy atom. The van der Waals surface area contributed by atoms with Crippen molar-refractivity contribution in [2.24, 2.45) is 0 Å². The van der Waals surface area contributed by atoms with E-state index in [1.165, 1.54) is 12.3 Å². The number of hydrogen-bond donors (Lipinski definition) is 1. The van der Waals surface area contributed by atoms with E-state index in [2.05, 4.69) is 10.9 Å². The van der Waals surface area contributed by atoms with E-state index in [-0.39, 0.29) is 12.2 Å². The van der Waals surface area contributed by atoms with Gasteiger partial charge in [0, 0.05) is 6.20 Å². The number of carboxylic acids is 1. The van der Waals surface area contributed by atoms with Crippen LogP contribution in [-0.2, 0) is 11.3 Å². The molecule has 0 amide bonds. The lowest BCUT2D eigenvalue weighted by molar-refractivity contribution is 0.0696. The number of aromatic carboxylic acids is 1. The van der Waals surface area contributed by atoms with Crippen molar-refractivity contribution in [1.82, 2.24) is 4.98 Å². The standard InChI is InChI=1S/C10H9NO3/c1-2-5-14-7-9-4-3-8(6-11-9)10(12)13/h1,3-4,6H,5,7H2,(H,12,13). The van der Waals surface area contributed by atoms with Crippen LogP contribution < -0.4 is 0 Å². The molecule has 0 aliphatic heterocycles. The first-order chi connectivity index (χ1) is 6.74. The molecule has 1 heterocycles. The summed E-state index contributed by atoms with van der Waals surface area (Å²) in [5.74, 6) is 1.33. The molecule has 14 heavy (non-hydrogen) atoms. The Kier molecular flexibility index (Phi) is 3.65. The third-order valence-corrected chi connectivity index (χ3v) is 1.51. The number of nitrogens with zero attached hydrogens (tertiary/aromatic N) is 1. The summed E-state index contributed by atoms with van der Waals surface area (Å²) in [4.78, 5) is 14.4. The van der Waals surface area contributed by atoms with Gasteiger partial charge in [0.25, 0.3) is 0 Å². The minimum atomic E-state index is -0.992. The van der Waals surface area contributed by atoms with E-state index in [1.54, 1.807) is 6.07 Å². The zero-order valence-electron chi connectivity index (χ0n) is 7.43. The molecule has 72 valence electrons. The van der Waals surface area contributed by atoms with Gasteiger partial charge in [-0.1, -0.05) is 5.92 Å². The average molecular weight is 191 g/mol. The lowest BCUT2D eigenvalue weighted by atomic mass is 10.2. The molecule has 0 fully saturated rings. The second-order valence-electron chi connectivity index (χ2n) is 2.54. The summed E-state index contributed by atoms with van der Waals surface area (Å²) >= 11 is 0. The molecule has 0 aliphatic rings. The highest BCUT2D eigenvalue weighted by Crippen LogP contribution is 2.01. The summed E-state index contributed by atoms with van der Waals surface area (Å²) < 4.78 is 5.02. The van der Waals surface area contributed by atoms with Crippen molar-refractivity contribution >= 4 is 5.97 Å². The van der Waals surface area contributed by atoms with Crippen LogP contribution in [0.15, 0.2) is 18.3 Å². The third kappa shape index (κ3) is 2.88. The van der Waals surface area contributed by atoms with Crippen LogP contribution in [0.5, 0.6) is 0 Å². The van der Waals surface area contributed by atoms with Crippen molar-refractivity contribution in [1.29, 1.82) is 0 Å². The Labute approximate surface area is 81.5 Å². The van der Waals surface area contributed by atoms with Crippen LogP contribution in [0.2, 0.25) is 0 Å². The van der Waals surface area contributed by atoms with Crippen LogP contribution in [0.25, 0.3) is 0 Å². The molecule has 1 N–H and O–H groups in total. The van der Waals surface area contributed by atoms with Crippen molar-refractivity contribution in [3.8, 4) is 12.3 Å². The number of rotatable bonds is 4. The van der Waals surface area contributed by atoms with Crippen LogP contribution in [0, 0.1) is 12.3 Å². The molecule has 1 rings (SSSR count). The van der Waals surface area contributed by atoms with Gasteiger partial charge in [-0.25, -0.2) is 4.79 Å². The van der Waals surface area contributed by atoms with E-state index >= 15 is 0 Å². The number of terminal acetylenes is 1. The van der Waals surface area contributed by atoms with Gasteiger partial charge in [-0.15, -0.1) is 6.42 Å². The van der Waals surface area contributed by atoms with Crippen molar-refractivity contribution < 1.29 is 14.6 Å². The van der Waals surface area contributed by atoms with Crippen molar-refractivity contribution in [3.05, 3.63) is 29.6 Å². The monoisotopic (exact) mass is 191 g/mol. The van der Waals surface area contributed by atoms with Crippen LogP contribution in [0.1, 0.15) is 16.1 Å². The Hall–Kier alpha value is -1.86. The largest absolute Gasteiger partial charge is 0.478 e.